The predicted molar refractivity (Wildman–Crippen MR) is 114 cm³/mol. The number of aromatic nitrogens is 4. The molecule has 0 saturated heterocycles. The van der Waals surface area contributed by atoms with Gasteiger partial charge >= 0.3 is 0 Å². The zero-order valence-electron chi connectivity index (χ0n) is 16.5. The lowest BCUT2D eigenvalue weighted by molar-refractivity contribution is 0.319. The van der Waals surface area contributed by atoms with E-state index in [1.807, 2.05) is 66.3 Å². The Morgan fingerprint density at radius 1 is 1.03 bits per heavy atom. The van der Waals surface area contributed by atoms with Crippen molar-refractivity contribution >= 4 is 0 Å². The summed E-state index contributed by atoms with van der Waals surface area (Å²) >= 11 is 0. The minimum atomic E-state index is -0.135. The average molecular weight is 385 g/mol. The molecule has 4 aromatic rings. The van der Waals surface area contributed by atoms with Crippen molar-refractivity contribution in [2.45, 2.75) is 20.0 Å². The van der Waals surface area contributed by atoms with Crippen LogP contribution in [0, 0.1) is 6.92 Å². The summed E-state index contributed by atoms with van der Waals surface area (Å²) in [6.07, 6.45) is 3.95. The van der Waals surface area contributed by atoms with Gasteiger partial charge in [0.1, 0.15) is 5.82 Å². The zero-order chi connectivity index (χ0) is 20.2. The van der Waals surface area contributed by atoms with E-state index in [-0.39, 0.29) is 5.56 Å². The summed E-state index contributed by atoms with van der Waals surface area (Å²) in [7, 11) is 2.07. The molecule has 6 heteroatoms. The third-order valence-electron chi connectivity index (χ3n) is 4.69. The highest BCUT2D eigenvalue weighted by Crippen LogP contribution is 2.21. The van der Waals surface area contributed by atoms with Gasteiger partial charge in [-0.3, -0.25) is 9.69 Å². The van der Waals surface area contributed by atoms with Crippen LogP contribution < -0.4 is 5.56 Å². The predicted octanol–water partition coefficient (Wildman–Crippen LogP) is 3.56. The Morgan fingerprint density at radius 2 is 1.79 bits per heavy atom. The zero-order valence-corrected chi connectivity index (χ0v) is 16.5. The second kappa shape index (κ2) is 8.24. The van der Waals surface area contributed by atoms with Gasteiger partial charge in [0, 0.05) is 42.2 Å². The van der Waals surface area contributed by atoms with Crippen molar-refractivity contribution < 1.29 is 0 Å². The topological polar surface area (TPSA) is 66.8 Å². The Bertz CT molecular complexity index is 1160. The van der Waals surface area contributed by atoms with Crippen molar-refractivity contribution in [1.29, 1.82) is 0 Å². The maximum atomic E-state index is 11.9. The number of aryl methyl sites for hydroxylation is 1. The summed E-state index contributed by atoms with van der Waals surface area (Å²) < 4.78 is 1.89. The summed E-state index contributed by atoms with van der Waals surface area (Å²) in [6, 6.07) is 19.6. The molecule has 0 aliphatic carbocycles. The molecular weight excluding hydrogens is 362 g/mol. The van der Waals surface area contributed by atoms with Gasteiger partial charge in [-0.2, -0.15) is 5.10 Å². The first-order valence-corrected chi connectivity index (χ1v) is 9.52. The molecular formula is C23H23N5O. The molecule has 0 radical (unpaired) electrons. The summed E-state index contributed by atoms with van der Waals surface area (Å²) in [5.74, 6) is 0.607. The van der Waals surface area contributed by atoms with Crippen LogP contribution in [0.15, 0.2) is 77.9 Å². The summed E-state index contributed by atoms with van der Waals surface area (Å²) in [5, 5.41) is 4.47. The molecule has 0 aliphatic heterocycles. The second-order valence-corrected chi connectivity index (χ2v) is 7.19. The van der Waals surface area contributed by atoms with E-state index < -0.39 is 0 Å². The Labute approximate surface area is 169 Å². The number of H-pyrrole nitrogens is 1. The molecule has 1 N–H and O–H groups in total. The summed E-state index contributed by atoms with van der Waals surface area (Å²) in [4.78, 5) is 21.4. The first-order chi connectivity index (χ1) is 14.1. The number of hydrogen-bond donors (Lipinski definition) is 1. The number of aromatic amines is 1. The van der Waals surface area contributed by atoms with E-state index in [1.54, 1.807) is 0 Å². The van der Waals surface area contributed by atoms with Crippen molar-refractivity contribution in [3.05, 3.63) is 100 Å². The van der Waals surface area contributed by atoms with Gasteiger partial charge in [-0.15, -0.1) is 0 Å². The van der Waals surface area contributed by atoms with Gasteiger partial charge in [-0.05, 0) is 31.7 Å². The van der Waals surface area contributed by atoms with Crippen LogP contribution in [0.25, 0.3) is 17.1 Å². The fourth-order valence-corrected chi connectivity index (χ4v) is 3.42. The highest BCUT2D eigenvalue weighted by atomic mass is 16.1. The minimum absolute atomic E-state index is 0.135. The molecule has 29 heavy (non-hydrogen) atoms. The lowest BCUT2D eigenvalue weighted by atomic mass is 10.1. The van der Waals surface area contributed by atoms with Gasteiger partial charge in [0.25, 0.3) is 5.56 Å². The molecule has 0 unspecified atom stereocenters. The lowest BCUT2D eigenvalue weighted by Gasteiger charge is -2.18. The Morgan fingerprint density at radius 3 is 2.59 bits per heavy atom. The molecule has 0 amide bonds. The molecule has 0 aliphatic rings. The fourth-order valence-electron chi connectivity index (χ4n) is 3.42. The first kappa shape index (κ1) is 18.8. The smallest absolute Gasteiger partial charge is 0.251 e. The van der Waals surface area contributed by atoms with Crippen LogP contribution in [-0.2, 0) is 13.1 Å². The molecule has 0 bridgehead atoms. The van der Waals surface area contributed by atoms with E-state index in [4.69, 9.17) is 0 Å². The normalized spacial score (nSPS) is 11.1. The third-order valence-corrected chi connectivity index (χ3v) is 4.69. The largest absolute Gasteiger partial charge is 0.307 e. The molecule has 2 aromatic carbocycles. The van der Waals surface area contributed by atoms with Gasteiger partial charge in [-0.25, -0.2) is 9.67 Å². The van der Waals surface area contributed by atoms with Gasteiger partial charge < -0.3 is 4.98 Å². The van der Waals surface area contributed by atoms with E-state index in [2.05, 4.69) is 39.3 Å². The molecule has 0 spiro atoms. The van der Waals surface area contributed by atoms with Crippen LogP contribution in [0.5, 0.6) is 0 Å². The molecule has 6 nitrogen and oxygen atoms in total. The van der Waals surface area contributed by atoms with E-state index in [0.29, 0.717) is 11.5 Å². The molecule has 4 rings (SSSR count). The Balaban J connectivity index is 1.52. The van der Waals surface area contributed by atoms with Crippen LogP contribution in [0.4, 0.5) is 0 Å². The summed E-state index contributed by atoms with van der Waals surface area (Å²) in [6.45, 7) is 3.32. The number of hydrogen-bond acceptors (Lipinski definition) is 4. The van der Waals surface area contributed by atoms with Crippen molar-refractivity contribution in [3.63, 3.8) is 0 Å². The minimum Gasteiger partial charge on any atom is -0.307 e. The molecule has 146 valence electrons. The van der Waals surface area contributed by atoms with Gasteiger partial charge in [0.15, 0.2) is 0 Å². The van der Waals surface area contributed by atoms with Crippen LogP contribution in [0.2, 0.25) is 0 Å². The first-order valence-electron chi connectivity index (χ1n) is 9.52. The molecule has 0 saturated carbocycles. The van der Waals surface area contributed by atoms with Gasteiger partial charge in [-0.1, -0.05) is 42.5 Å². The highest BCUT2D eigenvalue weighted by molar-refractivity contribution is 5.60. The van der Waals surface area contributed by atoms with E-state index in [9.17, 15) is 4.79 Å². The second-order valence-electron chi connectivity index (χ2n) is 7.19. The van der Waals surface area contributed by atoms with Crippen LogP contribution in [-0.4, -0.2) is 31.7 Å². The fraction of sp³-hybridized carbons (Fsp3) is 0.174. The average Bonchev–Trinajstić information content (AvgIpc) is 3.16. The van der Waals surface area contributed by atoms with Crippen molar-refractivity contribution in [2.75, 3.05) is 7.05 Å². The van der Waals surface area contributed by atoms with Gasteiger partial charge in [0.2, 0.25) is 0 Å². The molecule has 0 atom stereocenters. The number of para-hydroxylation sites is 1. The monoisotopic (exact) mass is 385 g/mol. The van der Waals surface area contributed by atoms with Crippen LogP contribution in [0.3, 0.4) is 0 Å². The number of rotatable bonds is 6. The van der Waals surface area contributed by atoms with E-state index in [0.717, 1.165) is 35.5 Å². The molecule has 2 aromatic heterocycles. The van der Waals surface area contributed by atoms with Crippen molar-refractivity contribution in [2.24, 2.45) is 0 Å². The maximum Gasteiger partial charge on any atom is 0.251 e. The maximum absolute atomic E-state index is 11.9. The number of nitrogens with zero attached hydrogens (tertiary/aromatic N) is 4. The summed E-state index contributed by atoms with van der Waals surface area (Å²) in [5.41, 5.74) is 4.81. The molecule has 2 heterocycles. The Hall–Kier alpha value is -3.51. The standard InChI is InChI=1S/C23H23N5O/c1-17-12-22(29)26-23(25-17)21-11-7-6-8-19(21)16-27(2)14-18-13-24-28(15-18)20-9-4-3-5-10-20/h3-13,15H,14,16H2,1-2H3,(H,25,26,29). The van der Waals surface area contributed by atoms with Gasteiger partial charge in [0.05, 0.1) is 11.9 Å². The van der Waals surface area contributed by atoms with Crippen LogP contribution in [0.1, 0.15) is 16.8 Å². The van der Waals surface area contributed by atoms with E-state index in [1.165, 1.54) is 6.07 Å². The lowest BCUT2D eigenvalue weighted by Crippen LogP contribution is -2.18. The van der Waals surface area contributed by atoms with Crippen molar-refractivity contribution in [3.8, 4) is 17.1 Å². The quantitative estimate of drug-likeness (QED) is 0.551. The van der Waals surface area contributed by atoms with E-state index >= 15 is 0 Å². The highest BCUT2D eigenvalue weighted by Gasteiger charge is 2.11. The van der Waals surface area contributed by atoms with Crippen LogP contribution >= 0.6 is 0 Å². The SMILES string of the molecule is Cc1cc(=O)[nH]c(-c2ccccc2CN(C)Cc2cnn(-c3ccccc3)c2)n1. The third kappa shape index (κ3) is 4.50. The Kier molecular flexibility index (Phi) is 5.35. The van der Waals surface area contributed by atoms with Crippen molar-refractivity contribution in [1.82, 2.24) is 24.6 Å². The molecule has 0 fully saturated rings. The number of nitrogens with one attached hydrogen (secondary N) is 1. The number of benzene rings is 2.